The van der Waals surface area contributed by atoms with Crippen LogP contribution in [0.5, 0.6) is 0 Å². The van der Waals surface area contributed by atoms with E-state index in [1.165, 1.54) is 6.08 Å². The highest BCUT2D eigenvalue weighted by atomic mass is 16.4. The largest absolute Gasteiger partial charge is 0.478 e. The van der Waals surface area contributed by atoms with Gasteiger partial charge in [0.25, 0.3) is 0 Å². The van der Waals surface area contributed by atoms with Gasteiger partial charge in [-0.1, -0.05) is 36.9 Å². The van der Waals surface area contributed by atoms with Crippen LogP contribution in [0.3, 0.4) is 0 Å². The number of carboxylic acids is 2. The van der Waals surface area contributed by atoms with E-state index in [1.807, 2.05) is 0 Å². The molecule has 2 N–H and O–H groups in total. The molecule has 0 fully saturated rings. The van der Waals surface area contributed by atoms with Crippen LogP contribution in [-0.4, -0.2) is 22.2 Å². The Kier molecular flexibility index (Phi) is 3.61. The molecule has 0 saturated carbocycles. The zero-order valence-corrected chi connectivity index (χ0v) is 8.38. The van der Waals surface area contributed by atoms with Crippen molar-refractivity contribution in [3.8, 4) is 0 Å². The van der Waals surface area contributed by atoms with E-state index in [9.17, 15) is 9.59 Å². The van der Waals surface area contributed by atoms with Crippen molar-refractivity contribution in [2.45, 2.75) is 0 Å². The number of hydrogen-bond donors (Lipinski definition) is 2. The summed E-state index contributed by atoms with van der Waals surface area (Å²) in [4.78, 5) is 21.5. The first-order valence-corrected chi connectivity index (χ1v) is 4.46. The van der Waals surface area contributed by atoms with Crippen LogP contribution >= 0.6 is 0 Å². The molecule has 16 heavy (non-hydrogen) atoms. The number of carbonyl (C=O) groups is 2. The molecule has 4 heteroatoms. The Bertz CT molecular complexity index is 472. The highest BCUT2D eigenvalue weighted by Crippen LogP contribution is 2.20. The Balaban J connectivity index is 3.37. The van der Waals surface area contributed by atoms with Gasteiger partial charge in [-0.25, -0.2) is 9.59 Å². The van der Waals surface area contributed by atoms with Gasteiger partial charge in [0, 0.05) is 6.08 Å². The van der Waals surface area contributed by atoms with Crippen molar-refractivity contribution in [1.82, 2.24) is 0 Å². The Labute approximate surface area is 92.2 Å². The van der Waals surface area contributed by atoms with Crippen molar-refractivity contribution >= 4 is 23.6 Å². The predicted octanol–water partition coefficient (Wildman–Crippen LogP) is 1.88. The third-order valence-electron chi connectivity index (χ3n) is 1.97. The van der Waals surface area contributed by atoms with E-state index in [4.69, 9.17) is 10.2 Å². The second kappa shape index (κ2) is 4.93. The minimum Gasteiger partial charge on any atom is -0.478 e. The third kappa shape index (κ3) is 2.57. The molecule has 1 aromatic carbocycles. The molecule has 0 saturated heterocycles. The van der Waals surface area contributed by atoms with Gasteiger partial charge in [-0.3, -0.25) is 0 Å². The van der Waals surface area contributed by atoms with Crippen LogP contribution in [-0.2, 0) is 9.59 Å². The van der Waals surface area contributed by atoms with E-state index in [-0.39, 0.29) is 5.57 Å². The van der Waals surface area contributed by atoms with E-state index in [0.29, 0.717) is 17.2 Å². The first-order chi connectivity index (χ1) is 7.56. The molecule has 0 aromatic heterocycles. The fraction of sp³-hybridized carbons (Fsp3) is 0. The van der Waals surface area contributed by atoms with E-state index >= 15 is 0 Å². The summed E-state index contributed by atoms with van der Waals surface area (Å²) in [6, 6.07) is 6.57. The topological polar surface area (TPSA) is 74.6 Å². The van der Waals surface area contributed by atoms with Gasteiger partial charge < -0.3 is 10.2 Å². The Hall–Kier alpha value is -2.36. The molecular formula is C12H10O4. The molecule has 0 bridgehead atoms. The lowest BCUT2D eigenvalue weighted by molar-refractivity contribution is -0.133. The highest BCUT2D eigenvalue weighted by molar-refractivity contribution is 6.20. The zero-order valence-electron chi connectivity index (χ0n) is 8.38. The number of benzene rings is 1. The van der Waals surface area contributed by atoms with Crippen molar-refractivity contribution in [2.75, 3.05) is 0 Å². The molecule has 1 rings (SSSR count). The summed E-state index contributed by atoms with van der Waals surface area (Å²) < 4.78 is 0. The SMILES string of the molecule is C=Cc1ccccc1/C(=C/C(=O)O)C(=O)O. The van der Waals surface area contributed by atoms with E-state index in [2.05, 4.69) is 6.58 Å². The minimum atomic E-state index is -1.30. The average Bonchev–Trinajstić information content (AvgIpc) is 2.25. The molecule has 0 aliphatic carbocycles. The number of carboxylic acid groups (broad SMARTS) is 2. The van der Waals surface area contributed by atoms with Crippen molar-refractivity contribution in [1.29, 1.82) is 0 Å². The summed E-state index contributed by atoms with van der Waals surface area (Å²) in [5.41, 5.74) is 0.660. The normalized spacial score (nSPS) is 10.9. The molecule has 0 heterocycles. The summed E-state index contributed by atoms with van der Waals surface area (Å²) >= 11 is 0. The lowest BCUT2D eigenvalue weighted by Gasteiger charge is -2.05. The van der Waals surface area contributed by atoms with Crippen LogP contribution in [0.1, 0.15) is 11.1 Å². The van der Waals surface area contributed by atoms with Crippen molar-refractivity contribution in [3.05, 3.63) is 48.0 Å². The minimum absolute atomic E-state index is 0.261. The fourth-order valence-electron chi connectivity index (χ4n) is 1.30. The maximum absolute atomic E-state index is 10.9. The van der Waals surface area contributed by atoms with Gasteiger partial charge in [-0.05, 0) is 11.1 Å². The van der Waals surface area contributed by atoms with Crippen LogP contribution in [0.4, 0.5) is 0 Å². The van der Waals surface area contributed by atoms with Crippen molar-refractivity contribution < 1.29 is 19.8 Å². The fourth-order valence-corrected chi connectivity index (χ4v) is 1.30. The zero-order chi connectivity index (χ0) is 12.1. The summed E-state index contributed by atoms with van der Waals surface area (Å²) in [6.07, 6.45) is 2.15. The van der Waals surface area contributed by atoms with Crippen LogP contribution in [0.2, 0.25) is 0 Å². The van der Waals surface area contributed by atoms with Crippen LogP contribution < -0.4 is 0 Å². The monoisotopic (exact) mass is 218 g/mol. The van der Waals surface area contributed by atoms with Gasteiger partial charge in [-0.15, -0.1) is 0 Å². The molecule has 82 valence electrons. The summed E-state index contributed by atoms with van der Waals surface area (Å²) in [6.45, 7) is 3.54. The van der Waals surface area contributed by atoms with Gasteiger partial charge in [-0.2, -0.15) is 0 Å². The first kappa shape index (κ1) is 11.7. The van der Waals surface area contributed by atoms with Crippen molar-refractivity contribution in [2.24, 2.45) is 0 Å². The molecule has 0 radical (unpaired) electrons. The highest BCUT2D eigenvalue weighted by Gasteiger charge is 2.14. The molecule has 4 nitrogen and oxygen atoms in total. The Morgan fingerprint density at radius 3 is 2.31 bits per heavy atom. The average molecular weight is 218 g/mol. The second-order valence-electron chi connectivity index (χ2n) is 2.99. The van der Waals surface area contributed by atoms with Gasteiger partial charge in [0.15, 0.2) is 0 Å². The second-order valence-corrected chi connectivity index (χ2v) is 2.99. The molecule has 1 aromatic rings. The molecule has 0 unspecified atom stereocenters. The molecule has 0 atom stereocenters. The lowest BCUT2D eigenvalue weighted by atomic mass is 9.99. The van der Waals surface area contributed by atoms with Gasteiger partial charge in [0.1, 0.15) is 0 Å². The van der Waals surface area contributed by atoms with Crippen LogP contribution in [0, 0.1) is 0 Å². The van der Waals surface area contributed by atoms with Crippen LogP contribution in [0.25, 0.3) is 11.6 Å². The van der Waals surface area contributed by atoms with Crippen LogP contribution in [0.15, 0.2) is 36.9 Å². The number of hydrogen-bond acceptors (Lipinski definition) is 2. The Morgan fingerprint density at radius 2 is 1.81 bits per heavy atom. The van der Waals surface area contributed by atoms with Gasteiger partial charge >= 0.3 is 11.9 Å². The maximum atomic E-state index is 10.9. The summed E-state index contributed by atoms with van der Waals surface area (Å²) in [5.74, 6) is -2.58. The van der Waals surface area contributed by atoms with E-state index < -0.39 is 11.9 Å². The third-order valence-corrected chi connectivity index (χ3v) is 1.97. The quantitative estimate of drug-likeness (QED) is 0.756. The molecule has 0 amide bonds. The first-order valence-electron chi connectivity index (χ1n) is 4.46. The number of aliphatic carboxylic acids is 2. The van der Waals surface area contributed by atoms with E-state index in [1.54, 1.807) is 24.3 Å². The molecule has 0 spiro atoms. The summed E-state index contributed by atoms with van der Waals surface area (Å²) in [5, 5.41) is 17.5. The molecule has 0 aliphatic rings. The Morgan fingerprint density at radius 1 is 1.19 bits per heavy atom. The van der Waals surface area contributed by atoms with Gasteiger partial charge in [0.2, 0.25) is 0 Å². The number of rotatable bonds is 4. The standard InChI is InChI=1S/C12H10O4/c1-2-8-5-3-4-6-9(8)10(12(15)16)7-11(13)14/h2-7H,1H2,(H,13,14)(H,15,16)/b10-7-. The van der Waals surface area contributed by atoms with Gasteiger partial charge in [0.05, 0.1) is 5.57 Å². The molecule has 0 aliphatic heterocycles. The predicted molar refractivity (Wildman–Crippen MR) is 59.8 cm³/mol. The smallest absolute Gasteiger partial charge is 0.336 e. The lowest BCUT2D eigenvalue weighted by Crippen LogP contribution is -2.04. The summed E-state index contributed by atoms with van der Waals surface area (Å²) in [7, 11) is 0. The maximum Gasteiger partial charge on any atom is 0.336 e. The van der Waals surface area contributed by atoms with E-state index in [0.717, 1.165) is 0 Å². The molecular weight excluding hydrogens is 208 g/mol. The van der Waals surface area contributed by atoms with Crippen molar-refractivity contribution in [3.63, 3.8) is 0 Å².